The van der Waals surface area contributed by atoms with Gasteiger partial charge < -0.3 is 5.32 Å². The Kier molecular flexibility index (Phi) is 2.89. The van der Waals surface area contributed by atoms with Crippen LogP contribution in [0.3, 0.4) is 0 Å². The van der Waals surface area contributed by atoms with Crippen LogP contribution in [0, 0.1) is 5.92 Å². The summed E-state index contributed by atoms with van der Waals surface area (Å²) >= 11 is 0. The number of hydrogen-bond donors (Lipinski definition) is 1. The zero-order valence-electron chi connectivity index (χ0n) is 8.92. The fraction of sp³-hybridized carbons (Fsp3) is 1.00. The molecule has 0 bridgehead atoms. The van der Waals surface area contributed by atoms with Gasteiger partial charge in [0.2, 0.25) is 0 Å². The Morgan fingerprint density at radius 3 is 2.92 bits per heavy atom. The van der Waals surface area contributed by atoms with E-state index < -0.39 is 0 Å². The average molecular weight is 182 g/mol. The van der Waals surface area contributed by atoms with Crippen molar-refractivity contribution in [3.63, 3.8) is 0 Å². The molecule has 2 heteroatoms. The quantitative estimate of drug-likeness (QED) is 0.660. The van der Waals surface area contributed by atoms with Gasteiger partial charge in [-0.2, -0.15) is 0 Å². The van der Waals surface area contributed by atoms with E-state index in [1.807, 2.05) is 0 Å². The number of nitrogens with one attached hydrogen (secondary N) is 1. The fourth-order valence-electron chi connectivity index (χ4n) is 2.96. The fourth-order valence-corrected chi connectivity index (χ4v) is 2.96. The van der Waals surface area contributed by atoms with E-state index in [4.69, 9.17) is 0 Å². The zero-order chi connectivity index (χ0) is 9.26. The van der Waals surface area contributed by atoms with Crippen LogP contribution in [0.2, 0.25) is 0 Å². The van der Waals surface area contributed by atoms with Crippen molar-refractivity contribution in [2.45, 2.75) is 45.2 Å². The summed E-state index contributed by atoms with van der Waals surface area (Å²) in [7, 11) is 0. The molecule has 2 atom stereocenters. The van der Waals surface area contributed by atoms with Crippen molar-refractivity contribution in [1.82, 2.24) is 10.2 Å². The van der Waals surface area contributed by atoms with Crippen molar-refractivity contribution in [3.8, 4) is 0 Å². The number of rotatable bonds is 1. The summed E-state index contributed by atoms with van der Waals surface area (Å²) in [4.78, 5) is 2.69. The maximum absolute atomic E-state index is 3.53. The van der Waals surface area contributed by atoms with E-state index >= 15 is 0 Å². The molecule has 1 N–H and O–H groups in total. The van der Waals surface area contributed by atoms with E-state index in [1.54, 1.807) is 0 Å². The first kappa shape index (κ1) is 9.47. The van der Waals surface area contributed by atoms with Gasteiger partial charge in [0.1, 0.15) is 0 Å². The van der Waals surface area contributed by atoms with Crippen molar-refractivity contribution >= 4 is 0 Å². The number of fused-ring (bicyclic) bond motifs is 1. The van der Waals surface area contributed by atoms with Crippen LogP contribution in [0.1, 0.15) is 33.1 Å². The molecule has 0 amide bonds. The highest BCUT2D eigenvalue weighted by Gasteiger charge is 2.33. The third-order valence-corrected chi connectivity index (χ3v) is 3.67. The third-order valence-electron chi connectivity index (χ3n) is 3.67. The smallest absolute Gasteiger partial charge is 0.0252 e. The van der Waals surface area contributed by atoms with Gasteiger partial charge in [0.05, 0.1) is 0 Å². The van der Waals surface area contributed by atoms with Gasteiger partial charge in [0.25, 0.3) is 0 Å². The maximum atomic E-state index is 3.53. The second kappa shape index (κ2) is 3.97. The van der Waals surface area contributed by atoms with Crippen LogP contribution < -0.4 is 5.32 Å². The Balaban J connectivity index is 2.02. The Morgan fingerprint density at radius 1 is 1.31 bits per heavy atom. The van der Waals surface area contributed by atoms with Gasteiger partial charge in [-0.05, 0) is 52.1 Å². The van der Waals surface area contributed by atoms with Gasteiger partial charge in [-0.1, -0.05) is 0 Å². The van der Waals surface area contributed by atoms with E-state index in [9.17, 15) is 0 Å². The van der Waals surface area contributed by atoms with E-state index in [1.165, 1.54) is 38.9 Å². The number of piperidine rings is 2. The molecule has 0 saturated carbocycles. The molecule has 0 spiro atoms. The largest absolute Gasteiger partial charge is 0.315 e. The molecule has 0 aromatic carbocycles. The molecule has 76 valence electrons. The highest BCUT2D eigenvalue weighted by molar-refractivity contribution is 4.90. The summed E-state index contributed by atoms with van der Waals surface area (Å²) in [5.41, 5.74) is 0. The zero-order valence-corrected chi connectivity index (χ0v) is 8.92. The molecule has 0 aromatic heterocycles. The molecule has 2 heterocycles. The number of nitrogens with zero attached hydrogens (tertiary/aromatic N) is 1. The summed E-state index contributed by atoms with van der Waals surface area (Å²) in [6.07, 6.45) is 4.28. The molecule has 0 aromatic rings. The predicted molar refractivity (Wildman–Crippen MR) is 55.8 cm³/mol. The molecule has 0 radical (unpaired) electrons. The monoisotopic (exact) mass is 182 g/mol. The van der Waals surface area contributed by atoms with Crippen molar-refractivity contribution in [2.75, 3.05) is 19.6 Å². The minimum absolute atomic E-state index is 0.729. The molecule has 2 unspecified atom stereocenters. The van der Waals surface area contributed by atoms with Crippen LogP contribution >= 0.6 is 0 Å². The second-order valence-electron chi connectivity index (χ2n) is 4.79. The van der Waals surface area contributed by atoms with E-state index in [0.717, 1.165) is 18.0 Å². The van der Waals surface area contributed by atoms with Gasteiger partial charge in [-0.3, -0.25) is 4.90 Å². The van der Waals surface area contributed by atoms with Gasteiger partial charge in [-0.25, -0.2) is 0 Å². The normalized spacial score (nSPS) is 36.2. The lowest BCUT2D eigenvalue weighted by molar-refractivity contribution is 0.0459. The second-order valence-corrected chi connectivity index (χ2v) is 4.79. The summed E-state index contributed by atoms with van der Waals surface area (Å²) in [6, 6.07) is 1.56. The molecular weight excluding hydrogens is 160 g/mol. The van der Waals surface area contributed by atoms with E-state index in [-0.39, 0.29) is 0 Å². The summed E-state index contributed by atoms with van der Waals surface area (Å²) < 4.78 is 0. The first-order chi connectivity index (χ1) is 6.29. The van der Waals surface area contributed by atoms with Crippen LogP contribution in [-0.4, -0.2) is 36.6 Å². The minimum atomic E-state index is 0.729. The van der Waals surface area contributed by atoms with Gasteiger partial charge in [-0.15, -0.1) is 0 Å². The predicted octanol–water partition coefficient (Wildman–Crippen LogP) is 1.47. The molecule has 0 aliphatic carbocycles. The highest BCUT2D eigenvalue weighted by Crippen LogP contribution is 2.29. The molecule has 2 saturated heterocycles. The van der Waals surface area contributed by atoms with Crippen molar-refractivity contribution in [2.24, 2.45) is 5.92 Å². The molecule has 2 aliphatic heterocycles. The molecule has 2 aliphatic rings. The SMILES string of the molecule is CC(C)N1CCCC2CCNCC21. The molecule has 2 rings (SSSR count). The standard InChI is InChI=1S/C11H22N2/c1-9(2)13-7-3-4-10-5-6-12-8-11(10)13/h9-12H,3-8H2,1-2H3. The summed E-state index contributed by atoms with van der Waals surface area (Å²) in [5, 5.41) is 3.53. The van der Waals surface area contributed by atoms with Gasteiger partial charge >= 0.3 is 0 Å². The summed E-state index contributed by atoms with van der Waals surface area (Å²) in [5.74, 6) is 0.984. The molecule has 13 heavy (non-hydrogen) atoms. The Bertz CT molecular complexity index is 165. The number of likely N-dealkylation sites (tertiary alicyclic amines) is 1. The van der Waals surface area contributed by atoms with Crippen LogP contribution in [0.4, 0.5) is 0 Å². The molecular formula is C11H22N2. The number of hydrogen-bond acceptors (Lipinski definition) is 2. The summed E-state index contributed by atoms with van der Waals surface area (Å²) in [6.45, 7) is 8.45. The molecule has 2 nitrogen and oxygen atoms in total. The lowest BCUT2D eigenvalue weighted by Crippen LogP contribution is -2.56. The van der Waals surface area contributed by atoms with Crippen molar-refractivity contribution in [1.29, 1.82) is 0 Å². The van der Waals surface area contributed by atoms with Crippen molar-refractivity contribution in [3.05, 3.63) is 0 Å². The highest BCUT2D eigenvalue weighted by atomic mass is 15.2. The van der Waals surface area contributed by atoms with E-state index in [0.29, 0.717) is 0 Å². The lowest BCUT2D eigenvalue weighted by Gasteiger charge is -2.46. The Morgan fingerprint density at radius 2 is 2.15 bits per heavy atom. The van der Waals surface area contributed by atoms with Crippen LogP contribution in [0.5, 0.6) is 0 Å². The first-order valence-electron chi connectivity index (χ1n) is 5.75. The topological polar surface area (TPSA) is 15.3 Å². The van der Waals surface area contributed by atoms with Crippen molar-refractivity contribution < 1.29 is 0 Å². The maximum Gasteiger partial charge on any atom is 0.0252 e. The minimum Gasteiger partial charge on any atom is -0.315 e. The third kappa shape index (κ3) is 1.89. The first-order valence-corrected chi connectivity index (χ1v) is 5.75. The molecule has 2 fully saturated rings. The van der Waals surface area contributed by atoms with Crippen LogP contribution in [0.15, 0.2) is 0 Å². The van der Waals surface area contributed by atoms with Crippen LogP contribution in [-0.2, 0) is 0 Å². The Hall–Kier alpha value is -0.0800. The van der Waals surface area contributed by atoms with Gasteiger partial charge in [0, 0.05) is 18.6 Å². The Labute approximate surface area is 81.7 Å². The average Bonchev–Trinajstić information content (AvgIpc) is 2.17. The van der Waals surface area contributed by atoms with E-state index in [2.05, 4.69) is 24.1 Å². The van der Waals surface area contributed by atoms with Crippen LogP contribution in [0.25, 0.3) is 0 Å². The van der Waals surface area contributed by atoms with Gasteiger partial charge in [0.15, 0.2) is 0 Å². The lowest BCUT2D eigenvalue weighted by atomic mass is 9.83.